The Morgan fingerprint density at radius 2 is 2.19 bits per heavy atom. The second-order valence-electron chi connectivity index (χ2n) is 5.12. The Hall–Kier alpha value is -1.18. The van der Waals surface area contributed by atoms with Gasteiger partial charge in [-0.15, -0.1) is 0 Å². The summed E-state index contributed by atoms with van der Waals surface area (Å²) in [5, 5.41) is 3.02. The highest BCUT2D eigenvalue weighted by Gasteiger charge is 2.33. The minimum Gasteiger partial charge on any atom is -0.494 e. The van der Waals surface area contributed by atoms with Crippen molar-refractivity contribution in [2.24, 2.45) is 0 Å². The van der Waals surface area contributed by atoms with Gasteiger partial charge in [0.1, 0.15) is 0 Å². The lowest BCUT2D eigenvalue weighted by Crippen LogP contribution is -2.47. The van der Waals surface area contributed by atoms with Crippen LogP contribution in [-0.4, -0.2) is 46.0 Å². The van der Waals surface area contributed by atoms with Crippen molar-refractivity contribution in [1.82, 2.24) is 9.62 Å². The van der Waals surface area contributed by atoms with Gasteiger partial charge in [-0.1, -0.05) is 6.42 Å². The molecular weight excluding hydrogens is 295 g/mol. The van der Waals surface area contributed by atoms with Crippen LogP contribution >= 0.6 is 0 Å². The summed E-state index contributed by atoms with van der Waals surface area (Å²) in [6, 6.07) is 3.68. The van der Waals surface area contributed by atoms with Gasteiger partial charge in [0, 0.05) is 19.1 Å². The van der Waals surface area contributed by atoms with E-state index in [0.717, 1.165) is 25.3 Å². The molecule has 0 aliphatic carbocycles. The molecule has 1 aromatic rings. The molecule has 1 unspecified atom stereocenters. The van der Waals surface area contributed by atoms with Gasteiger partial charge in [-0.25, -0.2) is 12.8 Å². The van der Waals surface area contributed by atoms with Crippen LogP contribution in [0.4, 0.5) is 4.39 Å². The zero-order valence-electron chi connectivity index (χ0n) is 12.3. The summed E-state index contributed by atoms with van der Waals surface area (Å²) in [5.74, 6) is -0.625. The van der Waals surface area contributed by atoms with E-state index < -0.39 is 15.8 Å². The van der Waals surface area contributed by atoms with Crippen molar-refractivity contribution in [2.45, 2.75) is 30.2 Å². The van der Waals surface area contributed by atoms with Crippen molar-refractivity contribution in [3.63, 3.8) is 0 Å². The highest BCUT2D eigenvalue weighted by molar-refractivity contribution is 7.89. The van der Waals surface area contributed by atoms with Crippen molar-refractivity contribution >= 4 is 10.0 Å². The first-order valence-corrected chi connectivity index (χ1v) is 8.44. The molecule has 1 aliphatic heterocycles. The lowest BCUT2D eigenvalue weighted by molar-refractivity contribution is 0.249. The van der Waals surface area contributed by atoms with Crippen molar-refractivity contribution < 1.29 is 17.5 Å². The number of sulfonamides is 1. The highest BCUT2D eigenvalue weighted by atomic mass is 32.2. The smallest absolute Gasteiger partial charge is 0.243 e. The minimum atomic E-state index is -3.68. The largest absolute Gasteiger partial charge is 0.494 e. The zero-order valence-corrected chi connectivity index (χ0v) is 13.1. The van der Waals surface area contributed by atoms with Gasteiger partial charge in [-0.2, -0.15) is 4.31 Å². The van der Waals surface area contributed by atoms with Gasteiger partial charge in [0.05, 0.1) is 12.0 Å². The number of halogens is 1. The average molecular weight is 316 g/mol. The highest BCUT2D eigenvalue weighted by Crippen LogP contribution is 2.27. The van der Waals surface area contributed by atoms with Crippen molar-refractivity contribution in [3.05, 3.63) is 24.0 Å². The van der Waals surface area contributed by atoms with E-state index in [1.54, 1.807) is 7.05 Å². The predicted octanol–water partition coefficient (Wildman–Crippen LogP) is 1.60. The summed E-state index contributed by atoms with van der Waals surface area (Å²) < 4.78 is 45.5. The minimum absolute atomic E-state index is 0.0243. The summed E-state index contributed by atoms with van der Waals surface area (Å²) in [4.78, 5) is -0.0243. The van der Waals surface area contributed by atoms with E-state index in [1.807, 2.05) is 0 Å². The molecule has 1 saturated heterocycles. The van der Waals surface area contributed by atoms with Crippen LogP contribution in [-0.2, 0) is 10.0 Å². The van der Waals surface area contributed by atoms with Gasteiger partial charge in [0.25, 0.3) is 0 Å². The quantitative estimate of drug-likeness (QED) is 0.896. The fourth-order valence-electron chi connectivity index (χ4n) is 2.67. The van der Waals surface area contributed by atoms with E-state index in [2.05, 4.69) is 5.32 Å². The van der Waals surface area contributed by atoms with Gasteiger partial charge in [0.2, 0.25) is 10.0 Å². The van der Waals surface area contributed by atoms with Gasteiger partial charge in [0.15, 0.2) is 11.6 Å². The molecule has 1 atom stereocenters. The van der Waals surface area contributed by atoms with E-state index in [0.29, 0.717) is 13.1 Å². The molecule has 1 N–H and O–H groups in total. The Bertz CT molecular complexity index is 590. The van der Waals surface area contributed by atoms with E-state index >= 15 is 0 Å². The molecule has 1 heterocycles. The number of methoxy groups -OCH3 is 1. The van der Waals surface area contributed by atoms with Crippen LogP contribution in [0.2, 0.25) is 0 Å². The lowest BCUT2D eigenvalue weighted by atomic mass is 10.1. The molecule has 0 amide bonds. The number of ether oxygens (including phenoxy) is 1. The lowest BCUT2D eigenvalue weighted by Gasteiger charge is -2.34. The molecule has 7 heteroatoms. The number of rotatable bonds is 5. The number of hydrogen-bond acceptors (Lipinski definition) is 4. The molecule has 5 nitrogen and oxygen atoms in total. The Balaban J connectivity index is 2.33. The number of piperidine rings is 1. The van der Waals surface area contributed by atoms with Crippen LogP contribution in [0, 0.1) is 5.82 Å². The van der Waals surface area contributed by atoms with E-state index in [1.165, 1.54) is 23.5 Å². The summed E-state index contributed by atoms with van der Waals surface area (Å²) in [5.41, 5.74) is 0. The summed E-state index contributed by atoms with van der Waals surface area (Å²) >= 11 is 0. The van der Waals surface area contributed by atoms with Crippen LogP contribution < -0.4 is 10.1 Å². The maximum Gasteiger partial charge on any atom is 0.243 e. The molecule has 21 heavy (non-hydrogen) atoms. The first-order valence-electron chi connectivity index (χ1n) is 7.00. The monoisotopic (exact) mass is 316 g/mol. The average Bonchev–Trinajstić information content (AvgIpc) is 2.48. The molecule has 1 aromatic carbocycles. The molecule has 0 spiro atoms. The Labute approximate surface area is 125 Å². The first kappa shape index (κ1) is 16.2. The fourth-order valence-corrected chi connectivity index (χ4v) is 4.38. The Morgan fingerprint density at radius 1 is 1.43 bits per heavy atom. The number of benzene rings is 1. The third-order valence-electron chi connectivity index (χ3n) is 3.74. The van der Waals surface area contributed by atoms with Gasteiger partial charge < -0.3 is 10.1 Å². The normalized spacial score (nSPS) is 20.4. The zero-order chi connectivity index (χ0) is 15.5. The molecular formula is C14H21FN2O3S. The first-order chi connectivity index (χ1) is 10.0. The molecule has 1 aliphatic rings. The van der Waals surface area contributed by atoms with E-state index in [-0.39, 0.29) is 16.7 Å². The number of hydrogen-bond donors (Lipinski definition) is 1. The molecule has 0 bridgehead atoms. The molecule has 0 saturated carbocycles. The number of likely N-dealkylation sites (N-methyl/N-ethyl adjacent to an activating group) is 1. The predicted molar refractivity (Wildman–Crippen MR) is 78.4 cm³/mol. The molecule has 1 fully saturated rings. The topological polar surface area (TPSA) is 58.6 Å². The number of nitrogens with zero attached hydrogens (tertiary/aromatic N) is 1. The fraction of sp³-hybridized carbons (Fsp3) is 0.571. The van der Waals surface area contributed by atoms with E-state index in [9.17, 15) is 12.8 Å². The molecule has 0 aromatic heterocycles. The van der Waals surface area contributed by atoms with Crippen LogP contribution in [0.15, 0.2) is 23.1 Å². The Morgan fingerprint density at radius 3 is 2.81 bits per heavy atom. The van der Waals surface area contributed by atoms with Crippen molar-refractivity contribution in [3.8, 4) is 5.75 Å². The van der Waals surface area contributed by atoms with Crippen LogP contribution in [0.25, 0.3) is 0 Å². The van der Waals surface area contributed by atoms with Crippen LogP contribution in [0.3, 0.4) is 0 Å². The molecule has 2 rings (SSSR count). The Kier molecular flexibility index (Phi) is 5.18. The third kappa shape index (κ3) is 3.36. The number of nitrogens with one attached hydrogen (secondary N) is 1. The second kappa shape index (κ2) is 6.72. The van der Waals surface area contributed by atoms with Crippen molar-refractivity contribution in [2.75, 3.05) is 27.2 Å². The van der Waals surface area contributed by atoms with Crippen LogP contribution in [0.1, 0.15) is 19.3 Å². The molecule has 118 valence electrons. The maximum absolute atomic E-state index is 13.8. The third-order valence-corrected chi connectivity index (χ3v) is 5.69. The maximum atomic E-state index is 13.8. The van der Waals surface area contributed by atoms with Crippen LogP contribution in [0.5, 0.6) is 5.75 Å². The summed E-state index contributed by atoms with van der Waals surface area (Å²) in [6.07, 6.45) is 2.66. The van der Waals surface area contributed by atoms with Crippen molar-refractivity contribution in [1.29, 1.82) is 0 Å². The summed E-state index contributed by atoms with van der Waals surface area (Å²) in [6.45, 7) is 1.07. The standard InChI is InChI=1S/C14H21FN2O3S/c1-16-10-11-5-3-4-8-17(11)21(18,19)12-6-7-14(20-2)13(15)9-12/h6-7,9,11,16H,3-5,8,10H2,1-2H3. The SMILES string of the molecule is CNCC1CCCCN1S(=O)(=O)c1ccc(OC)c(F)c1. The summed E-state index contributed by atoms with van der Waals surface area (Å²) in [7, 11) is -0.538. The van der Waals surface area contributed by atoms with Gasteiger partial charge >= 0.3 is 0 Å². The van der Waals surface area contributed by atoms with Gasteiger partial charge in [-0.3, -0.25) is 0 Å². The van der Waals surface area contributed by atoms with Gasteiger partial charge in [-0.05, 0) is 38.1 Å². The van der Waals surface area contributed by atoms with E-state index in [4.69, 9.17) is 4.74 Å². The molecule has 0 radical (unpaired) electrons. The second-order valence-corrected chi connectivity index (χ2v) is 7.01.